The Hall–Kier alpha value is -4.65. The minimum atomic E-state index is -2.76. The first-order chi connectivity index (χ1) is 20.2. The molecule has 42 heavy (non-hydrogen) atoms. The molecule has 0 spiro atoms. The molecule has 5 aromatic rings. The molecule has 1 fully saturated rings. The molecule has 1 saturated heterocycles. The van der Waals surface area contributed by atoms with E-state index in [-0.39, 0.29) is 0 Å². The zero-order chi connectivity index (χ0) is 29.4. The second-order valence-electron chi connectivity index (χ2n) is 10.6. The predicted octanol–water partition coefficient (Wildman–Crippen LogP) is 4.38. The maximum atomic E-state index is 13.5. The number of nitrogens with zero attached hydrogens (tertiary/aromatic N) is 6. The van der Waals surface area contributed by atoms with Crippen LogP contribution >= 0.6 is 7.14 Å². The minimum absolute atomic E-state index is 0.333. The molecule has 1 aliphatic heterocycles. The number of fused-ring (bicyclic) bond motifs is 2. The molecular formula is C30H32N9O2P. The first kappa shape index (κ1) is 27.5. The van der Waals surface area contributed by atoms with Crippen LogP contribution in [0.1, 0.15) is 5.56 Å². The average Bonchev–Trinajstić information content (AvgIpc) is 3.46. The third-order valence-corrected chi connectivity index (χ3v) is 8.91. The second-order valence-corrected chi connectivity index (χ2v) is 13.8. The van der Waals surface area contributed by atoms with Crippen molar-refractivity contribution < 1.29 is 9.30 Å². The Balaban J connectivity index is 1.39. The number of rotatable bonds is 7. The van der Waals surface area contributed by atoms with Crippen LogP contribution in [0.4, 0.5) is 28.8 Å². The quantitative estimate of drug-likeness (QED) is 0.188. The van der Waals surface area contributed by atoms with Gasteiger partial charge >= 0.3 is 0 Å². The van der Waals surface area contributed by atoms with Crippen LogP contribution in [-0.2, 0) is 4.57 Å². The molecule has 1 aliphatic rings. The van der Waals surface area contributed by atoms with Crippen LogP contribution in [0.3, 0.4) is 0 Å². The number of hydrogen-bond acceptors (Lipinski definition) is 10. The van der Waals surface area contributed by atoms with E-state index in [0.717, 1.165) is 42.8 Å². The van der Waals surface area contributed by atoms with Gasteiger partial charge in [0.05, 0.1) is 40.4 Å². The number of ether oxygens (including phenoxy) is 1. The van der Waals surface area contributed by atoms with Gasteiger partial charge < -0.3 is 34.7 Å². The Bertz CT molecular complexity index is 1880. The summed E-state index contributed by atoms with van der Waals surface area (Å²) in [6.45, 7) is 7.14. The highest BCUT2D eigenvalue weighted by atomic mass is 31.2. The lowest BCUT2D eigenvalue weighted by Gasteiger charge is -2.35. The monoisotopic (exact) mass is 581 g/mol. The van der Waals surface area contributed by atoms with Crippen molar-refractivity contribution in [2.75, 3.05) is 69.2 Å². The van der Waals surface area contributed by atoms with Crippen LogP contribution in [0.2, 0.25) is 0 Å². The van der Waals surface area contributed by atoms with Crippen LogP contribution in [-0.4, -0.2) is 83.5 Å². The standard InChI is InChI=1S/C30H32N9O2P/c1-6-19-17-23(25(41-3)18-24(19)39-15-13-38(2)14-16-39)35-30-36-28-20(9-10-33-28)29(37-30)34-22-8-7-21-26(32-12-11-31-21)27(22)42(4,5)40/h1,7-12,17-18H,13-16H2,2-5H3,(H3,33,34,35,36,37). The molecule has 0 saturated carbocycles. The summed E-state index contributed by atoms with van der Waals surface area (Å²) in [6.07, 6.45) is 11.0. The zero-order valence-corrected chi connectivity index (χ0v) is 24.9. The van der Waals surface area contributed by atoms with Gasteiger partial charge in [0.25, 0.3) is 0 Å². The second kappa shape index (κ2) is 11.0. The molecule has 0 aliphatic carbocycles. The van der Waals surface area contributed by atoms with Gasteiger partial charge in [-0.3, -0.25) is 9.97 Å². The van der Waals surface area contributed by atoms with Crippen molar-refractivity contribution in [2.45, 2.75) is 0 Å². The Morgan fingerprint density at radius 1 is 1.02 bits per heavy atom. The SMILES string of the molecule is C#Cc1cc(Nc2nc(Nc3ccc4nccnc4c3P(C)(C)=O)c3cc[nH]c3n2)c(OC)cc1N1CCN(C)CC1. The molecule has 0 bridgehead atoms. The van der Waals surface area contributed by atoms with Crippen molar-refractivity contribution in [3.05, 3.63) is 54.5 Å². The van der Waals surface area contributed by atoms with E-state index in [2.05, 4.69) is 53.3 Å². The van der Waals surface area contributed by atoms with Crippen LogP contribution in [0, 0.1) is 12.3 Å². The highest BCUT2D eigenvalue weighted by Crippen LogP contribution is 2.41. The maximum Gasteiger partial charge on any atom is 0.231 e. The van der Waals surface area contributed by atoms with E-state index < -0.39 is 7.14 Å². The number of piperazine rings is 1. The number of likely N-dealkylation sites (N-methyl/N-ethyl adjacent to an activating group) is 1. The molecule has 0 atom stereocenters. The summed E-state index contributed by atoms with van der Waals surface area (Å²) >= 11 is 0. The zero-order valence-electron chi connectivity index (χ0n) is 24.0. The van der Waals surface area contributed by atoms with E-state index >= 15 is 0 Å². The minimum Gasteiger partial charge on any atom is -0.494 e. The molecule has 11 nitrogen and oxygen atoms in total. The number of aromatic nitrogens is 5. The lowest BCUT2D eigenvalue weighted by Crippen LogP contribution is -2.44. The Morgan fingerprint density at radius 3 is 2.55 bits per heavy atom. The predicted molar refractivity (Wildman–Crippen MR) is 170 cm³/mol. The normalized spacial score (nSPS) is 14.2. The van der Waals surface area contributed by atoms with Gasteiger partial charge in [-0.15, -0.1) is 6.42 Å². The molecule has 0 unspecified atom stereocenters. The number of H-pyrrole nitrogens is 1. The van der Waals surface area contributed by atoms with Gasteiger partial charge in [-0.25, -0.2) is 0 Å². The molecule has 12 heteroatoms. The molecule has 6 rings (SSSR count). The van der Waals surface area contributed by atoms with Gasteiger partial charge in [0.1, 0.15) is 29.9 Å². The molecule has 214 valence electrons. The van der Waals surface area contributed by atoms with Crippen LogP contribution in [0.25, 0.3) is 22.1 Å². The van der Waals surface area contributed by atoms with Crippen LogP contribution in [0.5, 0.6) is 5.75 Å². The van der Waals surface area contributed by atoms with Gasteiger partial charge in [-0.1, -0.05) is 5.92 Å². The van der Waals surface area contributed by atoms with Crippen molar-refractivity contribution in [2.24, 2.45) is 0 Å². The maximum absolute atomic E-state index is 13.5. The number of benzene rings is 2. The summed E-state index contributed by atoms with van der Waals surface area (Å²) in [5.41, 5.74) is 4.91. The Kier molecular flexibility index (Phi) is 7.19. The van der Waals surface area contributed by atoms with Crippen molar-refractivity contribution in [1.29, 1.82) is 0 Å². The number of nitrogens with one attached hydrogen (secondary N) is 3. The highest BCUT2D eigenvalue weighted by Gasteiger charge is 2.23. The Labute approximate surface area is 244 Å². The molecule has 4 heterocycles. The first-order valence-electron chi connectivity index (χ1n) is 13.6. The highest BCUT2D eigenvalue weighted by molar-refractivity contribution is 7.71. The summed E-state index contributed by atoms with van der Waals surface area (Å²) < 4.78 is 19.2. The molecule has 0 radical (unpaired) electrons. The lowest BCUT2D eigenvalue weighted by atomic mass is 10.1. The topological polar surface area (TPSA) is 124 Å². The molecule has 2 aromatic carbocycles. The number of terminal acetylenes is 1. The van der Waals surface area contributed by atoms with Crippen LogP contribution < -0.4 is 25.6 Å². The fraction of sp³-hybridized carbons (Fsp3) is 0.267. The number of anilines is 5. The van der Waals surface area contributed by atoms with E-state index in [4.69, 9.17) is 16.1 Å². The van der Waals surface area contributed by atoms with Gasteiger partial charge in [0.15, 0.2) is 0 Å². The fourth-order valence-electron chi connectivity index (χ4n) is 5.27. The average molecular weight is 582 g/mol. The number of hydrogen-bond donors (Lipinski definition) is 3. The largest absolute Gasteiger partial charge is 0.494 e. The van der Waals surface area contributed by atoms with Crippen molar-refractivity contribution >= 4 is 63.3 Å². The summed E-state index contributed by atoms with van der Waals surface area (Å²) in [4.78, 5) is 26.1. The summed E-state index contributed by atoms with van der Waals surface area (Å²) in [6, 6.07) is 9.47. The van der Waals surface area contributed by atoms with E-state index in [1.807, 2.05) is 30.3 Å². The fourth-order valence-corrected chi connectivity index (χ4v) is 6.66. The summed E-state index contributed by atoms with van der Waals surface area (Å²) in [7, 11) is 0.985. The molecule has 3 aromatic heterocycles. The van der Waals surface area contributed by atoms with Gasteiger partial charge in [-0.2, -0.15) is 9.97 Å². The smallest absolute Gasteiger partial charge is 0.231 e. The third kappa shape index (κ3) is 5.22. The van der Waals surface area contributed by atoms with E-state index in [9.17, 15) is 4.57 Å². The Morgan fingerprint density at radius 2 is 1.81 bits per heavy atom. The van der Waals surface area contributed by atoms with Gasteiger partial charge in [-0.05, 0) is 44.6 Å². The summed E-state index contributed by atoms with van der Waals surface area (Å²) in [5.74, 6) is 4.33. The van der Waals surface area contributed by atoms with Gasteiger partial charge in [0, 0.05) is 56.4 Å². The van der Waals surface area contributed by atoms with E-state index in [1.54, 1.807) is 39.0 Å². The van der Waals surface area contributed by atoms with Crippen molar-refractivity contribution in [3.8, 4) is 18.1 Å². The van der Waals surface area contributed by atoms with Crippen molar-refractivity contribution in [1.82, 2.24) is 29.8 Å². The molecular weight excluding hydrogens is 549 g/mol. The molecule has 0 amide bonds. The van der Waals surface area contributed by atoms with Crippen molar-refractivity contribution in [3.63, 3.8) is 0 Å². The number of methoxy groups -OCH3 is 1. The van der Waals surface area contributed by atoms with E-state index in [0.29, 0.717) is 50.9 Å². The number of aromatic amines is 1. The van der Waals surface area contributed by atoms with Gasteiger partial charge in [0.2, 0.25) is 5.95 Å². The molecule has 3 N–H and O–H groups in total. The van der Waals surface area contributed by atoms with E-state index in [1.165, 1.54) is 0 Å². The lowest BCUT2D eigenvalue weighted by molar-refractivity contribution is 0.312. The van der Waals surface area contributed by atoms with Crippen LogP contribution in [0.15, 0.2) is 48.9 Å². The summed E-state index contributed by atoms with van der Waals surface area (Å²) in [5, 5.41) is 8.11. The third-order valence-electron chi connectivity index (χ3n) is 7.38. The first-order valence-corrected chi connectivity index (χ1v) is 16.2.